The van der Waals surface area contributed by atoms with Gasteiger partial charge in [-0.25, -0.2) is 9.59 Å². The first kappa shape index (κ1) is 24.9. The van der Waals surface area contributed by atoms with Gasteiger partial charge in [0.15, 0.2) is 0 Å². The Hall–Kier alpha value is -2.32. The van der Waals surface area contributed by atoms with Crippen LogP contribution in [0.15, 0.2) is 0 Å². The fraction of sp³-hybridized carbons (Fsp3) is 0.818. The van der Waals surface area contributed by atoms with Gasteiger partial charge in [-0.15, -0.1) is 0 Å². The Morgan fingerprint density at radius 1 is 1.10 bits per heavy atom. The molecule has 0 aromatic heterocycles. The van der Waals surface area contributed by atoms with E-state index in [9.17, 15) is 19.2 Å². The van der Waals surface area contributed by atoms with Gasteiger partial charge in [0, 0.05) is 32.7 Å². The second-order valence-corrected chi connectivity index (χ2v) is 9.86. The van der Waals surface area contributed by atoms with Crippen molar-refractivity contribution < 1.29 is 23.9 Å². The molecule has 0 aromatic carbocycles. The van der Waals surface area contributed by atoms with Gasteiger partial charge in [0.25, 0.3) is 0 Å². The van der Waals surface area contributed by atoms with Crippen molar-refractivity contribution in [2.45, 2.75) is 84.0 Å². The summed E-state index contributed by atoms with van der Waals surface area (Å²) in [5.41, 5.74) is -0.553. The minimum atomic E-state index is -0.671. The van der Waals surface area contributed by atoms with E-state index in [0.29, 0.717) is 38.9 Å². The highest BCUT2D eigenvalue weighted by atomic mass is 16.6. The van der Waals surface area contributed by atoms with E-state index in [1.54, 1.807) is 21.7 Å². The van der Waals surface area contributed by atoms with Crippen LogP contribution in [-0.4, -0.2) is 89.4 Å². The van der Waals surface area contributed by atoms with Gasteiger partial charge in [0.05, 0.1) is 6.04 Å². The zero-order valence-corrected chi connectivity index (χ0v) is 19.7. The topological polar surface area (TPSA) is 99.3 Å². The number of carbonyl (C=O) groups excluding carboxylic acids is 4. The number of likely N-dealkylation sites (tertiary alicyclic amines) is 2. The number of ether oxygens (including phenoxy) is 1. The Balaban J connectivity index is 1.91. The molecule has 0 aliphatic carbocycles. The molecule has 9 nitrogen and oxygen atoms in total. The van der Waals surface area contributed by atoms with Crippen molar-refractivity contribution in [3.8, 4) is 0 Å². The van der Waals surface area contributed by atoms with Crippen molar-refractivity contribution in [1.29, 1.82) is 0 Å². The lowest BCUT2D eigenvalue weighted by molar-refractivity contribution is -0.137. The Morgan fingerprint density at radius 2 is 1.71 bits per heavy atom. The maximum atomic E-state index is 13.0. The first-order valence-corrected chi connectivity index (χ1v) is 11.2. The standard InChI is InChI=1S/C22H38N4O5/c1-15(2)18(19(28)26-11-7-8-17(26)14-27)23-20(29)25-12-9-16(10-13-25)24(6)21(30)31-22(3,4)5/h14-18H,7-13H2,1-6H3,(H,23,29)/t17-,18?/m0/s1. The number of amides is 4. The predicted octanol–water partition coefficient (Wildman–Crippen LogP) is 2.24. The fourth-order valence-electron chi connectivity index (χ4n) is 4.06. The fourth-order valence-corrected chi connectivity index (χ4v) is 4.06. The van der Waals surface area contributed by atoms with Crippen molar-refractivity contribution >= 4 is 24.3 Å². The smallest absolute Gasteiger partial charge is 0.410 e. The Labute approximate surface area is 185 Å². The summed E-state index contributed by atoms with van der Waals surface area (Å²) in [6, 6.07) is -1.35. The van der Waals surface area contributed by atoms with Gasteiger partial charge in [-0.3, -0.25) is 4.79 Å². The molecule has 0 saturated carbocycles. The van der Waals surface area contributed by atoms with E-state index in [1.807, 2.05) is 34.6 Å². The Kier molecular flexibility index (Phi) is 8.31. The summed E-state index contributed by atoms with van der Waals surface area (Å²) in [5.74, 6) is -0.294. The van der Waals surface area contributed by atoms with Crippen LogP contribution in [0.3, 0.4) is 0 Å². The number of aldehydes is 1. The highest BCUT2D eigenvalue weighted by Crippen LogP contribution is 2.21. The van der Waals surface area contributed by atoms with Gasteiger partial charge < -0.3 is 29.5 Å². The lowest BCUT2D eigenvalue weighted by Gasteiger charge is -2.38. The van der Waals surface area contributed by atoms with Gasteiger partial charge >= 0.3 is 12.1 Å². The number of hydrogen-bond acceptors (Lipinski definition) is 5. The first-order valence-electron chi connectivity index (χ1n) is 11.2. The molecule has 2 aliphatic rings. The molecule has 0 spiro atoms. The first-order chi connectivity index (χ1) is 14.4. The maximum absolute atomic E-state index is 13.0. The van der Waals surface area contributed by atoms with E-state index in [2.05, 4.69) is 5.32 Å². The molecule has 0 bridgehead atoms. The molecule has 1 unspecified atom stereocenters. The normalized spacial score (nSPS) is 21.1. The van der Waals surface area contributed by atoms with Crippen LogP contribution in [0, 0.1) is 5.92 Å². The maximum Gasteiger partial charge on any atom is 0.410 e. The van der Waals surface area contributed by atoms with E-state index in [0.717, 1.165) is 12.7 Å². The average Bonchev–Trinajstić information content (AvgIpc) is 3.18. The number of carbonyl (C=O) groups is 4. The second kappa shape index (κ2) is 10.3. The van der Waals surface area contributed by atoms with Gasteiger partial charge in [0.1, 0.15) is 17.9 Å². The third-order valence-corrected chi connectivity index (χ3v) is 5.93. The van der Waals surface area contributed by atoms with Crippen LogP contribution >= 0.6 is 0 Å². The second-order valence-electron chi connectivity index (χ2n) is 9.86. The molecule has 1 N–H and O–H groups in total. The molecule has 0 radical (unpaired) electrons. The summed E-state index contributed by atoms with van der Waals surface area (Å²) in [7, 11) is 1.72. The molecule has 31 heavy (non-hydrogen) atoms. The van der Waals surface area contributed by atoms with Crippen molar-refractivity contribution in [3.05, 3.63) is 0 Å². The predicted molar refractivity (Wildman–Crippen MR) is 117 cm³/mol. The van der Waals surface area contributed by atoms with Gasteiger partial charge in [-0.2, -0.15) is 0 Å². The van der Waals surface area contributed by atoms with Crippen LogP contribution in [0.2, 0.25) is 0 Å². The summed E-state index contributed by atoms with van der Waals surface area (Å²) < 4.78 is 5.43. The molecule has 0 aromatic rings. The number of nitrogens with zero attached hydrogens (tertiary/aromatic N) is 3. The van der Waals surface area contributed by atoms with Crippen LogP contribution in [0.4, 0.5) is 9.59 Å². The van der Waals surface area contributed by atoms with Crippen LogP contribution in [-0.2, 0) is 14.3 Å². The molecule has 2 aliphatic heterocycles. The molecule has 9 heteroatoms. The quantitative estimate of drug-likeness (QED) is 0.664. The Bertz CT molecular complexity index is 667. The largest absolute Gasteiger partial charge is 0.444 e. The van der Waals surface area contributed by atoms with Crippen molar-refractivity contribution in [2.24, 2.45) is 5.92 Å². The van der Waals surface area contributed by atoms with Crippen LogP contribution < -0.4 is 5.32 Å². The molecule has 2 heterocycles. The molecule has 2 rings (SSSR count). The van der Waals surface area contributed by atoms with Gasteiger partial charge in [-0.1, -0.05) is 13.8 Å². The number of urea groups is 1. The average molecular weight is 439 g/mol. The lowest BCUT2D eigenvalue weighted by atomic mass is 10.0. The minimum absolute atomic E-state index is 0.000577. The highest BCUT2D eigenvalue weighted by Gasteiger charge is 2.36. The van der Waals surface area contributed by atoms with E-state index in [-0.39, 0.29) is 30.0 Å². The van der Waals surface area contributed by atoms with Crippen LogP contribution in [0.25, 0.3) is 0 Å². The zero-order chi connectivity index (χ0) is 23.3. The molecular formula is C22H38N4O5. The van der Waals surface area contributed by atoms with Crippen molar-refractivity contribution in [2.75, 3.05) is 26.7 Å². The monoisotopic (exact) mass is 438 g/mol. The number of hydrogen-bond donors (Lipinski definition) is 1. The van der Waals surface area contributed by atoms with Crippen molar-refractivity contribution in [3.63, 3.8) is 0 Å². The number of rotatable bonds is 5. The number of nitrogens with one attached hydrogen (secondary N) is 1. The molecular weight excluding hydrogens is 400 g/mol. The third kappa shape index (κ3) is 6.58. The summed E-state index contributed by atoms with van der Waals surface area (Å²) in [4.78, 5) is 54.3. The van der Waals surface area contributed by atoms with Crippen LogP contribution in [0.5, 0.6) is 0 Å². The molecule has 2 atom stereocenters. The highest BCUT2D eigenvalue weighted by molar-refractivity contribution is 5.89. The summed E-state index contributed by atoms with van der Waals surface area (Å²) in [5, 5.41) is 2.88. The minimum Gasteiger partial charge on any atom is -0.444 e. The summed E-state index contributed by atoms with van der Waals surface area (Å²) in [6.45, 7) is 10.8. The third-order valence-electron chi connectivity index (χ3n) is 5.93. The van der Waals surface area contributed by atoms with Gasteiger partial charge in [0.2, 0.25) is 5.91 Å². The molecule has 4 amide bonds. The lowest BCUT2D eigenvalue weighted by Crippen LogP contribution is -2.57. The van der Waals surface area contributed by atoms with Gasteiger partial charge in [-0.05, 0) is 52.4 Å². The summed E-state index contributed by atoms with van der Waals surface area (Å²) in [6.07, 6.45) is 3.21. The summed E-state index contributed by atoms with van der Waals surface area (Å²) >= 11 is 0. The molecule has 2 fully saturated rings. The van der Waals surface area contributed by atoms with E-state index >= 15 is 0 Å². The molecule has 176 valence electrons. The SMILES string of the molecule is CC(C)C(NC(=O)N1CCC(N(C)C(=O)OC(C)(C)C)CC1)C(=O)N1CCC[C@H]1C=O. The van der Waals surface area contributed by atoms with Crippen molar-refractivity contribution in [1.82, 2.24) is 20.0 Å². The Morgan fingerprint density at radius 3 is 2.23 bits per heavy atom. The van der Waals surface area contributed by atoms with E-state index < -0.39 is 17.7 Å². The zero-order valence-electron chi connectivity index (χ0n) is 19.7. The molecule has 2 saturated heterocycles. The van der Waals surface area contributed by atoms with E-state index in [4.69, 9.17) is 4.74 Å². The number of piperidine rings is 1. The van der Waals surface area contributed by atoms with E-state index in [1.165, 1.54) is 0 Å². The van der Waals surface area contributed by atoms with Crippen LogP contribution in [0.1, 0.15) is 60.3 Å².